The number of ether oxygens (including phenoxy) is 1. The van der Waals surface area contributed by atoms with Crippen molar-refractivity contribution in [1.82, 2.24) is 4.98 Å². The molecule has 6 heteroatoms. The molecule has 0 aliphatic heterocycles. The number of aromatic nitrogens is 1. The molecule has 0 radical (unpaired) electrons. The van der Waals surface area contributed by atoms with Crippen LogP contribution in [0, 0.1) is 0 Å². The Morgan fingerprint density at radius 1 is 1.00 bits per heavy atom. The molecule has 0 atom stereocenters. The van der Waals surface area contributed by atoms with E-state index in [1.165, 1.54) is 0 Å². The minimum Gasteiger partial charge on any atom is -0.478 e. The Morgan fingerprint density at radius 2 is 1.74 bits per heavy atom. The second-order valence-corrected chi connectivity index (χ2v) is 7.69. The monoisotopic (exact) mass is 434 g/mol. The van der Waals surface area contributed by atoms with E-state index in [0.29, 0.717) is 34.6 Å². The molecule has 0 bridgehead atoms. The lowest BCUT2D eigenvalue weighted by Gasteiger charge is -2.12. The number of aryl methyl sites for hydroxylation is 1. The van der Waals surface area contributed by atoms with E-state index in [9.17, 15) is 9.90 Å². The summed E-state index contributed by atoms with van der Waals surface area (Å²) in [5.74, 6) is 0.412. The van der Waals surface area contributed by atoms with Gasteiger partial charge in [0, 0.05) is 10.9 Å². The summed E-state index contributed by atoms with van der Waals surface area (Å²) in [5, 5.41) is 10.9. The molecule has 4 aromatic rings. The molecule has 0 aliphatic rings. The first-order valence-corrected chi connectivity index (χ1v) is 10.6. The number of rotatable bonds is 8. The van der Waals surface area contributed by atoms with E-state index < -0.39 is 5.97 Å². The number of carboxylic acid groups (broad SMARTS) is 1. The molecular formula is C25H23ClN2O3. The van der Waals surface area contributed by atoms with Gasteiger partial charge in [0.1, 0.15) is 11.5 Å². The number of nitrogens with two attached hydrogens (primary N) is 1. The minimum atomic E-state index is -0.985. The lowest BCUT2D eigenvalue weighted by atomic mass is 9.97. The number of halogens is 1. The summed E-state index contributed by atoms with van der Waals surface area (Å²) in [6, 6.07) is 20.4. The van der Waals surface area contributed by atoms with E-state index in [-0.39, 0.29) is 5.56 Å². The number of fused-ring (bicyclic) bond motifs is 1. The standard InChI is InChI=1S/C25H23ClN2O3/c26-20-14-13-19(25(29)30)22-18(11-6-7-15-27)23(28-24(20)22)17-10-4-5-12-21(17)31-16-8-2-1-3-9-16/h1-5,8-10,12-14,28H,6-7,11,15,27H2,(H,29,30). The summed E-state index contributed by atoms with van der Waals surface area (Å²) in [7, 11) is 0. The molecule has 4 rings (SSSR count). The molecular weight excluding hydrogens is 412 g/mol. The fourth-order valence-electron chi connectivity index (χ4n) is 3.82. The fourth-order valence-corrected chi connectivity index (χ4v) is 4.02. The van der Waals surface area contributed by atoms with E-state index in [4.69, 9.17) is 22.1 Å². The molecule has 0 amide bonds. The molecule has 5 nitrogen and oxygen atoms in total. The van der Waals surface area contributed by atoms with Crippen LogP contribution >= 0.6 is 11.6 Å². The van der Waals surface area contributed by atoms with Gasteiger partial charge in [-0.2, -0.15) is 0 Å². The smallest absolute Gasteiger partial charge is 0.336 e. The Morgan fingerprint density at radius 3 is 2.48 bits per heavy atom. The maximum absolute atomic E-state index is 12.0. The van der Waals surface area contributed by atoms with Gasteiger partial charge in [-0.25, -0.2) is 4.79 Å². The summed E-state index contributed by atoms with van der Waals surface area (Å²) >= 11 is 6.46. The Hall–Kier alpha value is -3.28. The van der Waals surface area contributed by atoms with E-state index in [2.05, 4.69) is 4.98 Å². The first-order valence-electron chi connectivity index (χ1n) is 10.2. The van der Waals surface area contributed by atoms with Crippen molar-refractivity contribution in [3.8, 4) is 22.8 Å². The number of aromatic amines is 1. The first-order chi connectivity index (χ1) is 15.1. The maximum Gasteiger partial charge on any atom is 0.336 e. The van der Waals surface area contributed by atoms with Crippen LogP contribution < -0.4 is 10.5 Å². The quantitative estimate of drug-likeness (QED) is 0.285. The number of aromatic carboxylic acids is 1. The molecule has 0 spiro atoms. The summed E-state index contributed by atoms with van der Waals surface area (Å²) in [6.07, 6.45) is 2.35. The third-order valence-electron chi connectivity index (χ3n) is 5.25. The second-order valence-electron chi connectivity index (χ2n) is 7.29. The van der Waals surface area contributed by atoms with Crippen LogP contribution in [-0.4, -0.2) is 22.6 Å². The van der Waals surface area contributed by atoms with Crippen LogP contribution in [0.4, 0.5) is 0 Å². The number of hydrogen-bond donors (Lipinski definition) is 3. The Balaban J connectivity index is 1.92. The Kier molecular flexibility index (Phi) is 6.26. The predicted octanol–water partition coefficient (Wildman–Crippen LogP) is 6.26. The van der Waals surface area contributed by atoms with Crippen LogP contribution in [0.1, 0.15) is 28.8 Å². The highest BCUT2D eigenvalue weighted by molar-refractivity contribution is 6.36. The molecule has 4 N–H and O–H groups in total. The van der Waals surface area contributed by atoms with Crippen LogP contribution in [0.25, 0.3) is 22.2 Å². The van der Waals surface area contributed by atoms with Crippen LogP contribution in [0.15, 0.2) is 66.7 Å². The van der Waals surface area contributed by atoms with Crippen LogP contribution in [0.3, 0.4) is 0 Å². The van der Waals surface area contributed by atoms with Gasteiger partial charge in [0.25, 0.3) is 0 Å². The fraction of sp³-hybridized carbons (Fsp3) is 0.160. The topological polar surface area (TPSA) is 88.3 Å². The summed E-state index contributed by atoms with van der Waals surface area (Å²) in [4.78, 5) is 15.4. The van der Waals surface area contributed by atoms with Gasteiger partial charge in [-0.05, 0) is 67.8 Å². The minimum absolute atomic E-state index is 0.228. The summed E-state index contributed by atoms with van der Waals surface area (Å²) < 4.78 is 6.16. The number of para-hydroxylation sites is 2. The van der Waals surface area contributed by atoms with Crippen molar-refractivity contribution in [3.05, 3.63) is 82.9 Å². The number of carboxylic acids is 1. The van der Waals surface area contributed by atoms with E-state index in [1.54, 1.807) is 12.1 Å². The van der Waals surface area contributed by atoms with Crippen molar-refractivity contribution in [2.75, 3.05) is 6.54 Å². The van der Waals surface area contributed by atoms with Crippen LogP contribution in [0.5, 0.6) is 11.5 Å². The van der Waals surface area contributed by atoms with Crippen LogP contribution in [-0.2, 0) is 6.42 Å². The highest BCUT2D eigenvalue weighted by atomic mass is 35.5. The molecule has 0 saturated heterocycles. The van der Waals surface area contributed by atoms with Crippen molar-refractivity contribution in [2.45, 2.75) is 19.3 Å². The largest absolute Gasteiger partial charge is 0.478 e. The van der Waals surface area contributed by atoms with Gasteiger partial charge in [0.2, 0.25) is 0 Å². The molecule has 0 unspecified atom stereocenters. The number of nitrogens with one attached hydrogen (secondary N) is 1. The molecule has 0 aliphatic carbocycles. The van der Waals surface area contributed by atoms with Gasteiger partial charge >= 0.3 is 5.97 Å². The Labute approximate surface area is 185 Å². The third-order valence-corrected chi connectivity index (χ3v) is 5.56. The average molecular weight is 435 g/mol. The first kappa shape index (κ1) is 21.0. The third kappa shape index (κ3) is 4.29. The number of H-pyrrole nitrogens is 1. The van der Waals surface area contributed by atoms with Crippen molar-refractivity contribution in [1.29, 1.82) is 0 Å². The van der Waals surface area contributed by atoms with Crippen LogP contribution in [0.2, 0.25) is 5.02 Å². The van der Waals surface area contributed by atoms with Gasteiger partial charge in [-0.15, -0.1) is 0 Å². The number of benzene rings is 3. The molecule has 0 fully saturated rings. The summed E-state index contributed by atoms with van der Waals surface area (Å²) in [6.45, 7) is 0.581. The molecule has 3 aromatic carbocycles. The van der Waals surface area contributed by atoms with Crippen molar-refractivity contribution in [3.63, 3.8) is 0 Å². The number of hydrogen-bond acceptors (Lipinski definition) is 3. The zero-order valence-electron chi connectivity index (χ0n) is 16.9. The second kappa shape index (κ2) is 9.25. The molecule has 1 heterocycles. The maximum atomic E-state index is 12.0. The molecule has 1 aromatic heterocycles. The highest BCUT2D eigenvalue weighted by Crippen LogP contribution is 2.41. The summed E-state index contributed by atoms with van der Waals surface area (Å²) in [5.41, 5.74) is 9.12. The number of unbranched alkanes of at least 4 members (excludes halogenated alkanes) is 1. The zero-order chi connectivity index (χ0) is 21.8. The van der Waals surface area contributed by atoms with Gasteiger partial charge in [0.15, 0.2) is 0 Å². The molecule has 31 heavy (non-hydrogen) atoms. The predicted molar refractivity (Wildman–Crippen MR) is 124 cm³/mol. The lowest BCUT2D eigenvalue weighted by molar-refractivity contribution is 0.0699. The van der Waals surface area contributed by atoms with E-state index in [0.717, 1.165) is 35.4 Å². The van der Waals surface area contributed by atoms with Gasteiger partial charge < -0.3 is 20.6 Å². The Bertz CT molecular complexity index is 1220. The zero-order valence-corrected chi connectivity index (χ0v) is 17.7. The van der Waals surface area contributed by atoms with Gasteiger partial charge in [-0.1, -0.05) is 41.9 Å². The average Bonchev–Trinajstić information content (AvgIpc) is 3.15. The van der Waals surface area contributed by atoms with E-state index in [1.807, 2.05) is 54.6 Å². The highest BCUT2D eigenvalue weighted by Gasteiger charge is 2.22. The van der Waals surface area contributed by atoms with Gasteiger partial charge in [0.05, 0.1) is 21.8 Å². The van der Waals surface area contributed by atoms with Gasteiger partial charge in [-0.3, -0.25) is 0 Å². The van der Waals surface area contributed by atoms with Crippen molar-refractivity contribution >= 4 is 28.5 Å². The molecule has 158 valence electrons. The van der Waals surface area contributed by atoms with E-state index >= 15 is 0 Å². The number of carbonyl (C=O) groups is 1. The lowest BCUT2D eigenvalue weighted by Crippen LogP contribution is -2.01. The SMILES string of the molecule is NCCCCc1c(-c2ccccc2Oc2ccccc2)[nH]c2c(Cl)ccc(C(=O)O)c12. The molecule has 0 saturated carbocycles. The van der Waals surface area contributed by atoms with Crippen molar-refractivity contribution < 1.29 is 14.6 Å². The normalized spacial score (nSPS) is 11.0. The van der Waals surface area contributed by atoms with Crippen molar-refractivity contribution in [2.24, 2.45) is 5.73 Å².